The second-order valence-electron chi connectivity index (χ2n) is 28.8. The molecule has 0 N–H and O–H groups in total. The zero-order chi connectivity index (χ0) is 74.8. The van der Waals surface area contributed by atoms with Crippen LogP contribution in [-0.4, -0.2) is 15.8 Å². The van der Waals surface area contributed by atoms with Gasteiger partial charge in [0.25, 0.3) is 0 Å². The Bertz CT molecular complexity index is 5890. The number of benzene rings is 15. The van der Waals surface area contributed by atoms with Crippen molar-refractivity contribution in [3.8, 4) is 44.8 Å². The zero-order valence-corrected chi connectivity index (χ0v) is 62.5. The van der Waals surface area contributed by atoms with Crippen LogP contribution in [0.5, 0.6) is 0 Å². The number of aromatic nitrogens is 2. The number of carbonyl (C=O) groups excluding carboxylic acids is 1. The van der Waals surface area contributed by atoms with Crippen LogP contribution < -0.4 is 14.7 Å². The van der Waals surface area contributed by atoms with Crippen LogP contribution in [0.1, 0.15) is 71.6 Å². The molecule has 110 heavy (non-hydrogen) atoms. The van der Waals surface area contributed by atoms with E-state index in [4.69, 9.17) is 9.97 Å². The first-order chi connectivity index (χ1) is 53.9. The summed E-state index contributed by atoms with van der Waals surface area (Å²) in [6.07, 6.45) is 0. The Morgan fingerprint density at radius 3 is 0.909 bits per heavy atom. The van der Waals surface area contributed by atoms with Gasteiger partial charge in [-0.2, -0.15) is 0 Å². The van der Waals surface area contributed by atoms with Crippen molar-refractivity contribution < 1.29 is 4.79 Å². The van der Waals surface area contributed by atoms with Crippen LogP contribution in [0.4, 0.5) is 51.2 Å². The van der Waals surface area contributed by atoms with Gasteiger partial charge in [-0.1, -0.05) is 294 Å². The second-order valence-corrected chi connectivity index (χ2v) is 28.8. The molecule has 0 radical (unpaired) electrons. The lowest BCUT2D eigenvalue weighted by molar-refractivity contribution is 0.104. The van der Waals surface area contributed by atoms with Crippen molar-refractivity contribution in [2.24, 2.45) is 0 Å². The molecule has 6 heteroatoms. The second kappa shape index (κ2) is 29.9. The molecule has 6 nitrogen and oxygen atoms in total. The first-order valence-electron chi connectivity index (χ1n) is 37.7. The monoisotopic (exact) mass is 1420 g/mol. The summed E-state index contributed by atoms with van der Waals surface area (Å²) in [4.78, 5) is 30.5. The van der Waals surface area contributed by atoms with E-state index in [1.165, 1.54) is 83.8 Å². The predicted octanol–water partition coefficient (Wildman–Crippen LogP) is 27.3. The summed E-state index contributed by atoms with van der Waals surface area (Å²) in [6, 6.07) is 136. The van der Waals surface area contributed by atoms with Crippen LogP contribution >= 0.6 is 0 Å². The molecule has 17 aromatic rings. The third-order valence-electron chi connectivity index (χ3n) is 21.4. The van der Waals surface area contributed by atoms with E-state index in [0.717, 1.165) is 101 Å². The van der Waals surface area contributed by atoms with Gasteiger partial charge in [-0.3, -0.25) is 4.79 Å². The highest BCUT2D eigenvalue weighted by molar-refractivity contribution is 6.26. The fourth-order valence-electron chi connectivity index (χ4n) is 16.0. The summed E-state index contributed by atoms with van der Waals surface area (Å²) in [5.74, 6) is 0.0673. The van der Waals surface area contributed by atoms with Gasteiger partial charge in [0.2, 0.25) is 0 Å². The molecule has 2 heterocycles. The van der Waals surface area contributed by atoms with Gasteiger partial charge in [0.05, 0.1) is 33.4 Å². The Kier molecular flexibility index (Phi) is 18.8. The highest BCUT2D eigenvalue weighted by Gasteiger charge is 2.49. The van der Waals surface area contributed by atoms with Gasteiger partial charge in [0.15, 0.2) is 5.78 Å². The molecule has 2 aromatic heterocycles. The van der Waals surface area contributed by atoms with Crippen LogP contribution in [0.25, 0.3) is 66.6 Å². The predicted molar refractivity (Wildman–Crippen MR) is 459 cm³/mol. The number of carbonyl (C=O) groups is 1. The Balaban J connectivity index is 0.000000158. The number of fused-ring (bicyclic) bond motifs is 8. The molecule has 15 aromatic carbocycles. The lowest BCUT2D eigenvalue weighted by Crippen LogP contribution is -2.29. The van der Waals surface area contributed by atoms with Crippen LogP contribution in [0.2, 0.25) is 0 Å². The summed E-state index contributed by atoms with van der Waals surface area (Å²) >= 11 is 0. The summed E-state index contributed by atoms with van der Waals surface area (Å²) in [5.41, 5.74) is 33.4. The van der Waals surface area contributed by atoms with Gasteiger partial charge in [0, 0.05) is 89.8 Å². The van der Waals surface area contributed by atoms with Crippen molar-refractivity contribution >= 4 is 78.8 Å². The van der Waals surface area contributed by atoms with Gasteiger partial charge in [-0.05, 0) is 196 Å². The lowest BCUT2D eigenvalue weighted by atomic mass is 9.66. The number of aryl methyl sites for hydroxylation is 6. The highest BCUT2D eigenvalue weighted by Crippen LogP contribution is 2.60. The van der Waals surface area contributed by atoms with Crippen LogP contribution in [0.3, 0.4) is 0 Å². The maximum Gasteiger partial charge on any atom is 0.196 e. The van der Waals surface area contributed by atoms with Gasteiger partial charge >= 0.3 is 0 Å². The van der Waals surface area contributed by atoms with E-state index in [0.29, 0.717) is 0 Å². The fourth-order valence-corrected chi connectivity index (χ4v) is 16.0. The molecule has 528 valence electrons. The van der Waals surface area contributed by atoms with E-state index in [2.05, 4.69) is 366 Å². The Morgan fingerprint density at radius 2 is 0.518 bits per heavy atom. The number of ketones is 1. The van der Waals surface area contributed by atoms with E-state index in [1.807, 2.05) is 72.8 Å². The molecule has 0 aliphatic heterocycles. The number of anilines is 9. The fraction of sp³-hybridized carbons (Fsp3) is 0.0673. The molecule has 0 saturated heterocycles. The van der Waals surface area contributed by atoms with Crippen molar-refractivity contribution in [3.05, 3.63) is 449 Å². The van der Waals surface area contributed by atoms with E-state index < -0.39 is 5.41 Å². The van der Waals surface area contributed by atoms with Crippen LogP contribution in [-0.2, 0) is 5.41 Å². The average Bonchev–Trinajstić information content (AvgIpc) is 1.52. The molecule has 2 aliphatic carbocycles. The van der Waals surface area contributed by atoms with E-state index in [-0.39, 0.29) is 5.78 Å². The summed E-state index contributed by atoms with van der Waals surface area (Å²) in [7, 11) is 0. The normalized spacial score (nSPS) is 12.0. The third kappa shape index (κ3) is 13.1. The standard InChI is InChI=1S/C62H49N3.C22H13NO.C20H19N/c1-42-18-30-49(31-19-42)64(50-32-20-43(2)21-33-50)53-38-26-47(27-39-53)62(48-28-40-54(41-29-48)65(51-34-22-44(3)23-35-51)52-36-24-45(4)25-37-52)57-16-10-8-14-55(57)61-60(62)59(46-12-6-5-7-13-46)56-15-9-11-17-58(56)63-61;24-22-16-11-5-4-10-15(16)21-20(22)19(14-8-2-1-3-9-14)17-12-6-7-13-18(17)23-21;1-16-8-12-19(13-9-16)21(18-6-4-3-5-7-18)20-14-10-17(2)11-15-20/h5-41H,1-4H3;1-13H;3-15H,1-2H3. The Hall–Kier alpha value is -13.8. The molecule has 0 unspecified atom stereocenters. The van der Waals surface area contributed by atoms with Crippen molar-refractivity contribution in [2.75, 3.05) is 14.7 Å². The smallest absolute Gasteiger partial charge is 0.196 e. The highest BCUT2D eigenvalue weighted by atomic mass is 16.1. The first-order valence-corrected chi connectivity index (χ1v) is 37.7. The minimum absolute atomic E-state index is 0.0673. The maximum absolute atomic E-state index is 13.1. The molecule has 0 fully saturated rings. The van der Waals surface area contributed by atoms with Crippen molar-refractivity contribution in [3.63, 3.8) is 0 Å². The number of para-hydroxylation sites is 3. The van der Waals surface area contributed by atoms with Gasteiger partial charge in [-0.15, -0.1) is 0 Å². The quantitative estimate of drug-likeness (QED) is 0.115. The van der Waals surface area contributed by atoms with Gasteiger partial charge < -0.3 is 14.7 Å². The largest absolute Gasteiger partial charge is 0.311 e. The van der Waals surface area contributed by atoms with Gasteiger partial charge in [-0.25, -0.2) is 9.97 Å². The maximum atomic E-state index is 13.1. The van der Waals surface area contributed by atoms with Crippen molar-refractivity contribution in [2.45, 2.75) is 47.0 Å². The number of hydrogen-bond donors (Lipinski definition) is 0. The molecule has 0 atom stereocenters. The first kappa shape index (κ1) is 69.2. The zero-order valence-electron chi connectivity index (χ0n) is 62.5. The van der Waals surface area contributed by atoms with Gasteiger partial charge in [0.1, 0.15) is 0 Å². The lowest BCUT2D eigenvalue weighted by Gasteiger charge is -2.36. The topological polar surface area (TPSA) is 52.6 Å². The summed E-state index contributed by atoms with van der Waals surface area (Å²) in [6.45, 7) is 12.8. The number of hydrogen-bond acceptors (Lipinski definition) is 6. The molecule has 2 aliphatic rings. The summed E-state index contributed by atoms with van der Waals surface area (Å²) < 4.78 is 0. The molecule has 0 amide bonds. The van der Waals surface area contributed by atoms with E-state index in [1.54, 1.807) is 0 Å². The van der Waals surface area contributed by atoms with Crippen molar-refractivity contribution in [1.82, 2.24) is 9.97 Å². The molecular formula is C104H81N5O. The minimum Gasteiger partial charge on any atom is -0.311 e. The summed E-state index contributed by atoms with van der Waals surface area (Å²) in [5, 5.41) is 2.15. The van der Waals surface area contributed by atoms with E-state index >= 15 is 0 Å². The Morgan fingerprint density at radius 1 is 0.236 bits per heavy atom. The molecule has 0 saturated carbocycles. The van der Waals surface area contributed by atoms with Crippen molar-refractivity contribution in [1.29, 1.82) is 0 Å². The number of rotatable bonds is 13. The SMILES string of the molecule is Cc1ccc(N(c2ccc(C)cc2)c2ccc(C3(c4ccc(N(c5ccc(C)cc5)c5ccc(C)cc5)cc4)c4ccccc4-c4nc5ccccc5c(-c5ccccc5)c43)cc2)cc1.Cc1ccc(N(c2ccccc2)c2ccc(C)cc2)cc1.O=C1c2ccccc2-c2nc3ccccc3c(-c3ccccc3)c21. The molecule has 0 spiro atoms. The number of nitrogens with zero attached hydrogens (tertiary/aromatic N) is 5. The molecule has 0 bridgehead atoms. The molecular weight excluding hydrogens is 1340 g/mol. The third-order valence-corrected chi connectivity index (χ3v) is 21.4. The molecule has 19 rings (SSSR count). The average molecular weight is 1420 g/mol. The Labute approximate surface area is 644 Å². The van der Waals surface area contributed by atoms with Crippen LogP contribution in [0, 0.1) is 41.5 Å². The number of pyridine rings is 2. The minimum atomic E-state index is -0.734. The van der Waals surface area contributed by atoms with E-state index in [9.17, 15) is 4.79 Å². The van der Waals surface area contributed by atoms with Crippen LogP contribution in [0.15, 0.2) is 382 Å².